The summed E-state index contributed by atoms with van der Waals surface area (Å²) in [5, 5.41) is 4.75. The average Bonchev–Trinajstić information content (AvgIpc) is 3.18. The molecule has 0 bridgehead atoms. The smallest absolute Gasteiger partial charge is 0.282 e. The minimum Gasteiger partial charge on any atom is -0.334 e. The molecule has 1 aliphatic heterocycles. The van der Waals surface area contributed by atoms with Crippen molar-refractivity contribution >= 4 is 34.4 Å². The summed E-state index contributed by atoms with van der Waals surface area (Å²) in [5.41, 5.74) is 2.39. The number of halogens is 1. The van der Waals surface area contributed by atoms with Crippen LogP contribution in [0.25, 0.3) is 16.8 Å². The molecule has 0 radical (unpaired) electrons. The van der Waals surface area contributed by atoms with Crippen molar-refractivity contribution in [3.05, 3.63) is 39.9 Å². The average molecular weight is 362 g/mol. The number of hydrogen-bond acceptors (Lipinski definition) is 5. The predicted molar refractivity (Wildman–Crippen MR) is 94.7 cm³/mol. The molecular weight excluding hydrogens is 346 g/mol. The summed E-state index contributed by atoms with van der Waals surface area (Å²) in [6.45, 7) is 3.20. The fourth-order valence-electron chi connectivity index (χ4n) is 2.82. The van der Waals surface area contributed by atoms with E-state index < -0.39 is 0 Å². The van der Waals surface area contributed by atoms with Crippen LogP contribution in [0, 0.1) is 0 Å². The predicted octanol–water partition coefficient (Wildman–Crippen LogP) is 2.50. The van der Waals surface area contributed by atoms with E-state index in [4.69, 9.17) is 11.6 Å². The van der Waals surface area contributed by atoms with E-state index in [0.717, 1.165) is 37.3 Å². The Kier molecular flexibility index (Phi) is 3.99. The molecule has 6 nitrogen and oxygen atoms in total. The standard InChI is InChI=1S/C16H16ClN5OS/c1-20-6-8-21(9-7-20)16(23)15-19-13(14(17)24-15)11-10-18-22-5-3-2-4-12(11)22/h2-5,10H,6-9H2,1H3. The molecule has 0 aliphatic carbocycles. The number of nitrogens with zero attached hydrogens (tertiary/aromatic N) is 5. The van der Waals surface area contributed by atoms with Crippen LogP contribution in [0.3, 0.4) is 0 Å². The molecule has 24 heavy (non-hydrogen) atoms. The van der Waals surface area contributed by atoms with Gasteiger partial charge in [0.25, 0.3) is 5.91 Å². The van der Waals surface area contributed by atoms with Crippen LogP contribution >= 0.6 is 22.9 Å². The molecular formula is C16H16ClN5OS. The molecule has 3 aromatic heterocycles. The maximum atomic E-state index is 12.7. The van der Waals surface area contributed by atoms with E-state index >= 15 is 0 Å². The van der Waals surface area contributed by atoms with Crippen LogP contribution in [0.5, 0.6) is 0 Å². The molecule has 0 atom stereocenters. The molecule has 1 fully saturated rings. The summed E-state index contributed by atoms with van der Waals surface area (Å²) in [4.78, 5) is 21.3. The maximum Gasteiger partial charge on any atom is 0.282 e. The van der Waals surface area contributed by atoms with Crippen molar-refractivity contribution in [2.75, 3.05) is 33.2 Å². The van der Waals surface area contributed by atoms with Gasteiger partial charge in [0.05, 0.1) is 11.7 Å². The number of carbonyl (C=O) groups is 1. The number of piperazine rings is 1. The third-order valence-corrected chi connectivity index (χ3v) is 5.48. The summed E-state index contributed by atoms with van der Waals surface area (Å²) in [6, 6.07) is 5.81. The third-order valence-electron chi connectivity index (χ3n) is 4.24. The van der Waals surface area contributed by atoms with Crippen LogP contribution in [0.4, 0.5) is 0 Å². The van der Waals surface area contributed by atoms with E-state index in [9.17, 15) is 4.79 Å². The minimum atomic E-state index is -0.0438. The summed E-state index contributed by atoms with van der Waals surface area (Å²) in [6.07, 6.45) is 3.61. The van der Waals surface area contributed by atoms with Crippen LogP contribution in [0.1, 0.15) is 9.80 Å². The highest BCUT2D eigenvalue weighted by atomic mass is 35.5. The summed E-state index contributed by atoms with van der Waals surface area (Å²) in [5.74, 6) is -0.0438. The Labute approximate surface area is 148 Å². The molecule has 0 saturated carbocycles. The topological polar surface area (TPSA) is 53.7 Å². The molecule has 0 N–H and O–H groups in total. The lowest BCUT2D eigenvalue weighted by Gasteiger charge is -2.31. The van der Waals surface area contributed by atoms with E-state index in [1.165, 1.54) is 11.3 Å². The van der Waals surface area contributed by atoms with Gasteiger partial charge in [-0.15, -0.1) is 0 Å². The van der Waals surface area contributed by atoms with Gasteiger partial charge in [-0.3, -0.25) is 4.79 Å². The van der Waals surface area contributed by atoms with Gasteiger partial charge < -0.3 is 9.80 Å². The van der Waals surface area contributed by atoms with Crippen LogP contribution in [-0.4, -0.2) is 63.5 Å². The van der Waals surface area contributed by atoms with E-state index in [1.54, 1.807) is 10.7 Å². The first kappa shape index (κ1) is 15.6. The van der Waals surface area contributed by atoms with Crippen LogP contribution in [0.15, 0.2) is 30.6 Å². The van der Waals surface area contributed by atoms with E-state index in [1.807, 2.05) is 29.3 Å². The molecule has 3 aromatic rings. The second kappa shape index (κ2) is 6.16. The Hall–Kier alpha value is -1.96. The number of fused-ring (bicyclic) bond motifs is 1. The third kappa shape index (κ3) is 2.68. The van der Waals surface area contributed by atoms with Crippen molar-refractivity contribution in [3.63, 3.8) is 0 Å². The first-order valence-electron chi connectivity index (χ1n) is 7.70. The monoisotopic (exact) mass is 361 g/mol. The Morgan fingerprint density at radius 1 is 1.25 bits per heavy atom. The Morgan fingerprint density at radius 3 is 2.83 bits per heavy atom. The van der Waals surface area contributed by atoms with Crippen LogP contribution in [-0.2, 0) is 0 Å². The van der Waals surface area contributed by atoms with Gasteiger partial charge in [-0.25, -0.2) is 9.50 Å². The number of thiazole rings is 1. The first-order valence-corrected chi connectivity index (χ1v) is 8.90. The number of aromatic nitrogens is 3. The van der Waals surface area contributed by atoms with E-state index in [2.05, 4.69) is 22.0 Å². The fraction of sp³-hybridized carbons (Fsp3) is 0.312. The molecule has 124 valence electrons. The summed E-state index contributed by atoms with van der Waals surface area (Å²) in [7, 11) is 2.06. The highest BCUT2D eigenvalue weighted by Crippen LogP contribution is 2.35. The molecule has 1 saturated heterocycles. The van der Waals surface area contributed by atoms with Crippen molar-refractivity contribution in [3.8, 4) is 11.3 Å². The largest absolute Gasteiger partial charge is 0.334 e. The second-order valence-corrected chi connectivity index (χ2v) is 7.43. The van der Waals surface area contributed by atoms with Gasteiger partial charge in [0.2, 0.25) is 0 Å². The molecule has 1 amide bonds. The quantitative estimate of drug-likeness (QED) is 0.703. The first-order chi connectivity index (χ1) is 11.6. The highest BCUT2D eigenvalue weighted by Gasteiger charge is 2.25. The van der Waals surface area contributed by atoms with Gasteiger partial charge in [0.15, 0.2) is 5.01 Å². The van der Waals surface area contributed by atoms with E-state index in [-0.39, 0.29) is 5.91 Å². The number of amides is 1. The van der Waals surface area contributed by atoms with Crippen LogP contribution in [0.2, 0.25) is 4.34 Å². The summed E-state index contributed by atoms with van der Waals surface area (Å²) < 4.78 is 2.29. The van der Waals surface area contributed by atoms with E-state index in [0.29, 0.717) is 15.0 Å². The number of pyridine rings is 1. The summed E-state index contributed by atoms with van der Waals surface area (Å²) >= 11 is 7.62. The minimum absolute atomic E-state index is 0.0438. The number of rotatable bonds is 2. The van der Waals surface area contributed by atoms with Crippen molar-refractivity contribution < 1.29 is 4.79 Å². The van der Waals surface area contributed by atoms with Gasteiger partial charge >= 0.3 is 0 Å². The fourth-order valence-corrected chi connectivity index (χ4v) is 3.96. The number of carbonyl (C=O) groups excluding carboxylic acids is 1. The lowest BCUT2D eigenvalue weighted by molar-refractivity contribution is 0.0664. The lowest BCUT2D eigenvalue weighted by Crippen LogP contribution is -2.47. The zero-order valence-corrected chi connectivity index (χ0v) is 14.7. The van der Waals surface area contributed by atoms with Crippen molar-refractivity contribution in [2.45, 2.75) is 0 Å². The molecule has 0 spiro atoms. The Bertz CT molecular complexity index is 897. The molecule has 8 heteroatoms. The van der Waals surface area contributed by atoms with Crippen molar-refractivity contribution in [1.29, 1.82) is 0 Å². The van der Waals surface area contributed by atoms with Gasteiger partial charge in [-0.1, -0.05) is 29.0 Å². The highest BCUT2D eigenvalue weighted by molar-refractivity contribution is 7.18. The lowest BCUT2D eigenvalue weighted by atomic mass is 10.2. The molecule has 4 rings (SSSR count). The maximum absolute atomic E-state index is 12.7. The van der Waals surface area contributed by atoms with Crippen molar-refractivity contribution in [2.24, 2.45) is 0 Å². The molecule has 0 unspecified atom stereocenters. The number of likely N-dealkylation sites (N-methyl/N-ethyl adjacent to an activating group) is 1. The zero-order valence-electron chi connectivity index (χ0n) is 13.1. The SMILES string of the molecule is CN1CCN(C(=O)c2nc(-c3cnn4ccccc34)c(Cl)s2)CC1. The Balaban J connectivity index is 1.66. The molecule has 4 heterocycles. The number of hydrogen-bond donors (Lipinski definition) is 0. The van der Waals surface area contributed by atoms with Gasteiger partial charge in [0, 0.05) is 37.9 Å². The molecule has 1 aliphatic rings. The van der Waals surface area contributed by atoms with Crippen LogP contribution < -0.4 is 0 Å². The van der Waals surface area contributed by atoms with Crippen molar-refractivity contribution in [1.82, 2.24) is 24.4 Å². The van der Waals surface area contributed by atoms with Gasteiger partial charge in [-0.2, -0.15) is 5.10 Å². The van der Waals surface area contributed by atoms with Gasteiger partial charge in [-0.05, 0) is 19.2 Å². The second-order valence-electron chi connectivity index (χ2n) is 5.83. The van der Waals surface area contributed by atoms with Gasteiger partial charge in [0.1, 0.15) is 10.0 Å². The zero-order chi connectivity index (χ0) is 16.7. The Morgan fingerprint density at radius 2 is 2.04 bits per heavy atom. The normalized spacial score (nSPS) is 16.0. The molecule has 0 aromatic carbocycles.